The van der Waals surface area contributed by atoms with Crippen LogP contribution >= 0.6 is 11.6 Å². The van der Waals surface area contributed by atoms with Gasteiger partial charge in [0.2, 0.25) is 0 Å². The van der Waals surface area contributed by atoms with E-state index in [9.17, 15) is 4.79 Å². The Morgan fingerprint density at radius 3 is 2.82 bits per heavy atom. The summed E-state index contributed by atoms with van der Waals surface area (Å²) in [6.45, 7) is 1.96. The highest BCUT2D eigenvalue weighted by Gasteiger charge is 2.13. The molecule has 1 aromatic rings. The number of benzene rings is 1. The average molecular weight is 258 g/mol. The van der Waals surface area contributed by atoms with Crippen LogP contribution in [0.3, 0.4) is 0 Å². The molecule has 0 spiro atoms. The maximum Gasteiger partial charge on any atom is 0.251 e. The first kappa shape index (κ1) is 14.0. The van der Waals surface area contributed by atoms with Gasteiger partial charge in [-0.05, 0) is 24.6 Å². The normalized spacial score (nSPS) is 12.2. The zero-order chi connectivity index (χ0) is 12.8. The Bertz CT molecular complexity index is 395. The largest absolute Gasteiger partial charge is 0.394 e. The minimum atomic E-state index is -0.410. The van der Waals surface area contributed by atoms with Crippen LogP contribution in [0.2, 0.25) is 5.02 Å². The van der Waals surface area contributed by atoms with E-state index < -0.39 is 6.04 Å². The minimum Gasteiger partial charge on any atom is -0.394 e. The third kappa shape index (κ3) is 4.00. The summed E-state index contributed by atoms with van der Waals surface area (Å²) in [5.74, 6) is -0.275. The third-order valence-corrected chi connectivity index (χ3v) is 2.76. The fourth-order valence-electron chi connectivity index (χ4n) is 1.34. The van der Waals surface area contributed by atoms with E-state index in [0.717, 1.165) is 5.56 Å². The highest BCUT2D eigenvalue weighted by Crippen LogP contribution is 2.16. The lowest BCUT2D eigenvalue weighted by atomic mass is 10.1. The van der Waals surface area contributed by atoms with E-state index in [4.69, 9.17) is 21.4 Å². The Morgan fingerprint density at radius 2 is 2.29 bits per heavy atom. The molecule has 1 aromatic carbocycles. The summed E-state index contributed by atoms with van der Waals surface area (Å²) in [5, 5.41) is 12.2. The second kappa shape index (κ2) is 6.59. The second-order valence-electron chi connectivity index (χ2n) is 3.77. The van der Waals surface area contributed by atoms with Gasteiger partial charge in [0.05, 0.1) is 19.3 Å². The van der Waals surface area contributed by atoms with Gasteiger partial charge < -0.3 is 15.2 Å². The number of carbonyl (C=O) groups excluding carboxylic acids is 1. The van der Waals surface area contributed by atoms with Crippen LogP contribution in [0.4, 0.5) is 0 Å². The van der Waals surface area contributed by atoms with Crippen molar-refractivity contribution in [1.82, 2.24) is 5.32 Å². The Hall–Kier alpha value is -1.10. The minimum absolute atomic E-state index is 0.167. The standard InChI is InChI=1S/C12H16ClNO3/c1-8-3-4-9(5-11(8)13)12(16)14-10(6-15)7-17-2/h3-5,10,15H,6-7H2,1-2H3,(H,14,16). The number of ether oxygens (including phenoxy) is 1. The molecule has 0 heterocycles. The fraction of sp³-hybridized carbons (Fsp3) is 0.417. The molecule has 1 rings (SSSR count). The van der Waals surface area contributed by atoms with Gasteiger partial charge in [0, 0.05) is 17.7 Å². The number of hydrogen-bond donors (Lipinski definition) is 2. The maximum atomic E-state index is 11.8. The lowest BCUT2D eigenvalue weighted by Gasteiger charge is -2.15. The molecule has 1 unspecified atom stereocenters. The zero-order valence-electron chi connectivity index (χ0n) is 9.87. The number of aryl methyl sites for hydroxylation is 1. The number of nitrogens with one attached hydrogen (secondary N) is 1. The fourth-order valence-corrected chi connectivity index (χ4v) is 1.52. The number of hydrogen-bond acceptors (Lipinski definition) is 3. The summed E-state index contributed by atoms with van der Waals surface area (Å²) in [4.78, 5) is 11.8. The third-order valence-electron chi connectivity index (χ3n) is 2.36. The van der Waals surface area contributed by atoms with Crippen molar-refractivity contribution in [3.05, 3.63) is 34.3 Å². The van der Waals surface area contributed by atoms with Gasteiger partial charge >= 0.3 is 0 Å². The van der Waals surface area contributed by atoms with Crippen molar-refractivity contribution >= 4 is 17.5 Å². The Balaban J connectivity index is 2.72. The van der Waals surface area contributed by atoms with Crippen LogP contribution < -0.4 is 5.32 Å². The quantitative estimate of drug-likeness (QED) is 0.838. The molecular formula is C12H16ClNO3. The van der Waals surface area contributed by atoms with Crippen LogP contribution in [0.15, 0.2) is 18.2 Å². The molecular weight excluding hydrogens is 242 g/mol. The molecule has 1 amide bonds. The molecule has 0 bridgehead atoms. The lowest BCUT2D eigenvalue weighted by Crippen LogP contribution is -2.40. The van der Waals surface area contributed by atoms with Crippen molar-refractivity contribution in [3.8, 4) is 0 Å². The number of carbonyl (C=O) groups is 1. The monoisotopic (exact) mass is 257 g/mol. The van der Waals surface area contributed by atoms with E-state index in [1.165, 1.54) is 7.11 Å². The number of aliphatic hydroxyl groups is 1. The topological polar surface area (TPSA) is 58.6 Å². The lowest BCUT2D eigenvalue weighted by molar-refractivity contribution is 0.0839. The highest BCUT2D eigenvalue weighted by molar-refractivity contribution is 6.31. The van der Waals surface area contributed by atoms with Gasteiger partial charge in [-0.3, -0.25) is 4.79 Å². The highest BCUT2D eigenvalue weighted by atomic mass is 35.5. The number of aliphatic hydroxyl groups excluding tert-OH is 1. The van der Waals surface area contributed by atoms with Crippen LogP contribution in [-0.4, -0.2) is 37.4 Å². The molecule has 17 heavy (non-hydrogen) atoms. The molecule has 0 aromatic heterocycles. The van der Waals surface area contributed by atoms with Gasteiger partial charge in [0.25, 0.3) is 5.91 Å². The van der Waals surface area contributed by atoms with E-state index in [-0.39, 0.29) is 19.1 Å². The Kier molecular flexibility index (Phi) is 5.41. The first-order valence-electron chi connectivity index (χ1n) is 5.25. The van der Waals surface area contributed by atoms with Gasteiger partial charge in [-0.25, -0.2) is 0 Å². The number of amides is 1. The molecule has 5 heteroatoms. The Morgan fingerprint density at radius 1 is 1.59 bits per heavy atom. The number of methoxy groups -OCH3 is 1. The van der Waals surface area contributed by atoms with Gasteiger partial charge in [-0.2, -0.15) is 0 Å². The summed E-state index contributed by atoms with van der Waals surface area (Å²) < 4.78 is 4.87. The van der Waals surface area contributed by atoms with E-state index in [1.807, 2.05) is 6.92 Å². The predicted molar refractivity (Wildman–Crippen MR) is 66.4 cm³/mol. The maximum absolute atomic E-state index is 11.8. The summed E-state index contributed by atoms with van der Waals surface area (Å²) >= 11 is 5.94. The van der Waals surface area contributed by atoms with Crippen molar-refractivity contribution in [2.45, 2.75) is 13.0 Å². The smallest absolute Gasteiger partial charge is 0.251 e. The van der Waals surface area contributed by atoms with Gasteiger partial charge in [0.1, 0.15) is 0 Å². The number of halogens is 1. The molecule has 0 aliphatic rings. The van der Waals surface area contributed by atoms with Gasteiger partial charge in [0.15, 0.2) is 0 Å². The van der Waals surface area contributed by atoms with E-state index in [1.54, 1.807) is 18.2 Å². The molecule has 94 valence electrons. The van der Waals surface area contributed by atoms with Gasteiger partial charge in [-0.1, -0.05) is 17.7 Å². The molecule has 2 N–H and O–H groups in total. The summed E-state index contributed by atoms with van der Waals surface area (Å²) in [6.07, 6.45) is 0. The molecule has 0 saturated heterocycles. The Labute approximate surface area is 106 Å². The molecule has 0 aliphatic heterocycles. The second-order valence-corrected chi connectivity index (χ2v) is 4.18. The molecule has 1 atom stereocenters. The van der Waals surface area contributed by atoms with Crippen LogP contribution in [0, 0.1) is 6.92 Å². The first-order chi connectivity index (χ1) is 8.08. The van der Waals surface area contributed by atoms with Gasteiger partial charge in [-0.15, -0.1) is 0 Å². The van der Waals surface area contributed by atoms with Crippen LogP contribution in [0.1, 0.15) is 15.9 Å². The average Bonchev–Trinajstić information content (AvgIpc) is 2.31. The summed E-state index contributed by atoms with van der Waals surface area (Å²) in [7, 11) is 1.51. The molecule has 0 radical (unpaired) electrons. The molecule has 4 nitrogen and oxygen atoms in total. The van der Waals surface area contributed by atoms with E-state index in [0.29, 0.717) is 10.6 Å². The van der Waals surface area contributed by atoms with Crippen molar-refractivity contribution in [1.29, 1.82) is 0 Å². The van der Waals surface area contributed by atoms with Crippen LogP contribution in [0.5, 0.6) is 0 Å². The predicted octanol–water partition coefficient (Wildman–Crippen LogP) is 1.39. The molecule has 0 fully saturated rings. The van der Waals surface area contributed by atoms with Crippen molar-refractivity contribution < 1.29 is 14.6 Å². The zero-order valence-corrected chi connectivity index (χ0v) is 10.6. The molecule has 0 aliphatic carbocycles. The van der Waals surface area contributed by atoms with E-state index in [2.05, 4.69) is 5.32 Å². The number of rotatable bonds is 5. The van der Waals surface area contributed by atoms with Crippen molar-refractivity contribution in [2.75, 3.05) is 20.3 Å². The van der Waals surface area contributed by atoms with Crippen LogP contribution in [0.25, 0.3) is 0 Å². The molecule has 0 saturated carbocycles. The van der Waals surface area contributed by atoms with Crippen molar-refractivity contribution in [3.63, 3.8) is 0 Å². The summed E-state index contributed by atoms with van der Waals surface area (Å²) in [6, 6.07) is 4.67. The SMILES string of the molecule is COCC(CO)NC(=O)c1ccc(C)c(Cl)c1. The summed E-state index contributed by atoms with van der Waals surface area (Å²) in [5.41, 5.74) is 1.38. The van der Waals surface area contributed by atoms with E-state index >= 15 is 0 Å². The first-order valence-corrected chi connectivity index (χ1v) is 5.63. The van der Waals surface area contributed by atoms with Crippen molar-refractivity contribution in [2.24, 2.45) is 0 Å². The van der Waals surface area contributed by atoms with Crippen LogP contribution in [-0.2, 0) is 4.74 Å².